The molecule has 3 heteroatoms. The summed E-state index contributed by atoms with van der Waals surface area (Å²) in [4.78, 5) is 2.44. The summed E-state index contributed by atoms with van der Waals surface area (Å²) >= 11 is 0. The molecule has 1 aromatic carbocycles. The number of aliphatic hydroxyl groups is 1. The largest absolute Gasteiger partial charge is 0.388 e. The minimum atomic E-state index is -0.308. The van der Waals surface area contributed by atoms with Crippen molar-refractivity contribution in [3.63, 3.8) is 0 Å². The van der Waals surface area contributed by atoms with Gasteiger partial charge in [-0.1, -0.05) is 18.2 Å². The van der Waals surface area contributed by atoms with Crippen LogP contribution in [0.15, 0.2) is 18.2 Å². The van der Waals surface area contributed by atoms with E-state index in [1.165, 1.54) is 36.8 Å². The number of fused-ring (bicyclic) bond motifs is 1. The second-order valence-electron chi connectivity index (χ2n) is 6.13. The van der Waals surface area contributed by atoms with Crippen LogP contribution in [0.1, 0.15) is 42.1 Å². The SMILES string of the molecule is OC(CCN1CCNCC1)c1ccc2c(c1)CCCC2. The number of rotatable bonds is 4. The van der Waals surface area contributed by atoms with E-state index in [1.54, 1.807) is 0 Å². The highest BCUT2D eigenvalue weighted by Gasteiger charge is 2.15. The fraction of sp³-hybridized carbons (Fsp3) is 0.647. The molecule has 1 aliphatic heterocycles. The van der Waals surface area contributed by atoms with E-state index in [9.17, 15) is 5.11 Å². The molecule has 0 radical (unpaired) electrons. The standard InChI is InChI=1S/C17H26N2O/c20-17(7-10-19-11-8-18-9-12-19)16-6-5-14-3-1-2-4-15(14)13-16/h5-6,13,17-18,20H,1-4,7-12H2. The molecular weight excluding hydrogens is 248 g/mol. The Morgan fingerprint density at radius 3 is 2.65 bits per heavy atom. The highest BCUT2D eigenvalue weighted by atomic mass is 16.3. The van der Waals surface area contributed by atoms with Crippen molar-refractivity contribution < 1.29 is 5.11 Å². The van der Waals surface area contributed by atoms with E-state index in [4.69, 9.17) is 0 Å². The lowest BCUT2D eigenvalue weighted by atomic mass is 9.89. The number of benzene rings is 1. The Balaban J connectivity index is 1.57. The summed E-state index contributed by atoms with van der Waals surface area (Å²) in [6.45, 7) is 5.37. The molecule has 2 aliphatic rings. The minimum Gasteiger partial charge on any atom is -0.388 e. The van der Waals surface area contributed by atoms with Crippen molar-refractivity contribution in [2.24, 2.45) is 0 Å². The molecular formula is C17H26N2O. The Labute approximate surface area is 122 Å². The van der Waals surface area contributed by atoms with Crippen molar-refractivity contribution in [3.8, 4) is 0 Å². The number of nitrogens with zero attached hydrogens (tertiary/aromatic N) is 1. The van der Waals surface area contributed by atoms with Crippen LogP contribution in [0.2, 0.25) is 0 Å². The fourth-order valence-corrected chi connectivity index (χ4v) is 3.37. The number of hydrogen-bond acceptors (Lipinski definition) is 3. The summed E-state index contributed by atoms with van der Waals surface area (Å²) in [7, 11) is 0. The van der Waals surface area contributed by atoms with Gasteiger partial charge in [0.25, 0.3) is 0 Å². The van der Waals surface area contributed by atoms with Crippen molar-refractivity contribution in [3.05, 3.63) is 34.9 Å². The predicted octanol–water partition coefficient (Wildman–Crippen LogP) is 1.89. The van der Waals surface area contributed by atoms with Gasteiger partial charge in [0.05, 0.1) is 6.10 Å². The van der Waals surface area contributed by atoms with Gasteiger partial charge in [-0.2, -0.15) is 0 Å². The van der Waals surface area contributed by atoms with Crippen molar-refractivity contribution >= 4 is 0 Å². The Bertz CT molecular complexity index is 441. The van der Waals surface area contributed by atoms with Crippen molar-refractivity contribution in [2.45, 2.75) is 38.2 Å². The quantitative estimate of drug-likeness (QED) is 0.880. The fourth-order valence-electron chi connectivity index (χ4n) is 3.37. The molecule has 110 valence electrons. The lowest BCUT2D eigenvalue weighted by molar-refractivity contribution is 0.136. The van der Waals surface area contributed by atoms with Crippen molar-refractivity contribution in [1.29, 1.82) is 0 Å². The van der Waals surface area contributed by atoms with Gasteiger partial charge < -0.3 is 15.3 Å². The molecule has 0 saturated carbocycles. The van der Waals surface area contributed by atoms with Crippen LogP contribution in [0.4, 0.5) is 0 Å². The van der Waals surface area contributed by atoms with Crippen LogP contribution < -0.4 is 5.32 Å². The first-order valence-electron chi connectivity index (χ1n) is 8.06. The average Bonchev–Trinajstić information content (AvgIpc) is 2.53. The summed E-state index contributed by atoms with van der Waals surface area (Å²) in [6, 6.07) is 6.61. The monoisotopic (exact) mass is 274 g/mol. The maximum Gasteiger partial charge on any atom is 0.0802 e. The lowest BCUT2D eigenvalue weighted by Crippen LogP contribution is -2.44. The summed E-state index contributed by atoms with van der Waals surface area (Å²) in [5.41, 5.74) is 4.07. The molecule has 3 rings (SSSR count). The molecule has 1 fully saturated rings. The molecule has 1 heterocycles. The van der Waals surface area contributed by atoms with Gasteiger partial charge in [-0.05, 0) is 48.8 Å². The second-order valence-corrected chi connectivity index (χ2v) is 6.13. The van der Waals surface area contributed by atoms with Crippen LogP contribution in [0.3, 0.4) is 0 Å². The Kier molecular flexibility index (Phi) is 4.71. The van der Waals surface area contributed by atoms with E-state index in [2.05, 4.69) is 28.4 Å². The molecule has 0 amide bonds. The summed E-state index contributed by atoms with van der Waals surface area (Å²) in [6.07, 6.45) is 5.56. The van der Waals surface area contributed by atoms with E-state index in [1.807, 2.05) is 0 Å². The van der Waals surface area contributed by atoms with Crippen LogP contribution >= 0.6 is 0 Å². The van der Waals surface area contributed by atoms with Gasteiger partial charge in [0.1, 0.15) is 0 Å². The zero-order chi connectivity index (χ0) is 13.8. The predicted molar refractivity (Wildman–Crippen MR) is 82.0 cm³/mol. The van der Waals surface area contributed by atoms with E-state index in [0.29, 0.717) is 0 Å². The van der Waals surface area contributed by atoms with Crippen molar-refractivity contribution in [2.75, 3.05) is 32.7 Å². The second kappa shape index (κ2) is 6.70. The first-order chi connectivity index (χ1) is 9.83. The third kappa shape index (κ3) is 3.40. The minimum absolute atomic E-state index is 0.308. The topological polar surface area (TPSA) is 35.5 Å². The van der Waals surface area contributed by atoms with Gasteiger partial charge in [0.15, 0.2) is 0 Å². The number of aryl methyl sites for hydroxylation is 2. The van der Waals surface area contributed by atoms with E-state index < -0.39 is 0 Å². The molecule has 0 bridgehead atoms. The van der Waals surface area contributed by atoms with Crippen LogP contribution in [0.25, 0.3) is 0 Å². The maximum absolute atomic E-state index is 10.4. The number of piperazine rings is 1. The molecule has 1 unspecified atom stereocenters. The number of hydrogen-bond donors (Lipinski definition) is 2. The first kappa shape index (κ1) is 14.1. The average molecular weight is 274 g/mol. The Morgan fingerprint density at radius 2 is 1.85 bits per heavy atom. The Hall–Kier alpha value is -0.900. The molecule has 3 nitrogen and oxygen atoms in total. The normalized spacial score (nSPS) is 21.4. The van der Waals surface area contributed by atoms with Gasteiger partial charge in [-0.15, -0.1) is 0 Å². The highest BCUT2D eigenvalue weighted by molar-refractivity contribution is 5.34. The van der Waals surface area contributed by atoms with Gasteiger partial charge in [0, 0.05) is 32.7 Å². The molecule has 20 heavy (non-hydrogen) atoms. The van der Waals surface area contributed by atoms with Crippen LogP contribution in [0.5, 0.6) is 0 Å². The Morgan fingerprint density at radius 1 is 1.10 bits per heavy atom. The lowest BCUT2D eigenvalue weighted by Gasteiger charge is -2.28. The molecule has 0 aromatic heterocycles. The summed E-state index contributed by atoms with van der Waals surface area (Å²) < 4.78 is 0. The summed E-state index contributed by atoms with van der Waals surface area (Å²) in [5, 5.41) is 13.8. The van der Waals surface area contributed by atoms with Crippen LogP contribution in [0, 0.1) is 0 Å². The zero-order valence-corrected chi connectivity index (χ0v) is 12.3. The molecule has 0 spiro atoms. The number of nitrogens with one attached hydrogen (secondary N) is 1. The third-order valence-corrected chi connectivity index (χ3v) is 4.69. The van der Waals surface area contributed by atoms with Crippen LogP contribution in [-0.4, -0.2) is 42.7 Å². The van der Waals surface area contributed by atoms with Gasteiger partial charge >= 0.3 is 0 Å². The molecule has 1 aliphatic carbocycles. The van der Waals surface area contributed by atoms with Gasteiger partial charge in [0.2, 0.25) is 0 Å². The highest BCUT2D eigenvalue weighted by Crippen LogP contribution is 2.26. The van der Waals surface area contributed by atoms with E-state index in [0.717, 1.165) is 44.7 Å². The third-order valence-electron chi connectivity index (χ3n) is 4.69. The molecule has 1 saturated heterocycles. The van der Waals surface area contributed by atoms with Gasteiger partial charge in [-0.3, -0.25) is 0 Å². The van der Waals surface area contributed by atoms with Gasteiger partial charge in [-0.25, -0.2) is 0 Å². The molecule has 2 N–H and O–H groups in total. The van der Waals surface area contributed by atoms with E-state index in [-0.39, 0.29) is 6.10 Å². The smallest absolute Gasteiger partial charge is 0.0802 e. The van der Waals surface area contributed by atoms with Crippen LogP contribution in [-0.2, 0) is 12.8 Å². The molecule has 1 atom stereocenters. The summed E-state index contributed by atoms with van der Waals surface area (Å²) in [5.74, 6) is 0. The van der Waals surface area contributed by atoms with E-state index >= 15 is 0 Å². The number of aliphatic hydroxyl groups excluding tert-OH is 1. The first-order valence-corrected chi connectivity index (χ1v) is 8.06. The van der Waals surface area contributed by atoms with Crippen molar-refractivity contribution in [1.82, 2.24) is 10.2 Å². The maximum atomic E-state index is 10.4. The zero-order valence-electron chi connectivity index (χ0n) is 12.3. The molecule has 1 aromatic rings.